The quantitative estimate of drug-likeness (QED) is 0.556. The van der Waals surface area contributed by atoms with Gasteiger partial charge in [0.2, 0.25) is 0 Å². The van der Waals surface area contributed by atoms with Crippen molar-refractivity contribution < 1.29 is 0 Å². The van der Waals surface area contributed by atoms with Crippen molar-refractivity contribution >= 4 is 0 Å². The molecule has 0 spiro atoms. The van der Waals surface area contributed by atoms with Gasteiger partial charge in [0.05, 0.1) is 0 Å². The monoisotopic (exact) mass is 281 g/mol. The molecule has 2 unspecified atom stereocenters. The van der Waals surface area contributed by atoms with Crippen molar-refractivity contribution in [2.45, 2.75) is 25.7 Å². The van der Waals surface area contributed by atoms with Crippen LogP contribution in [0.15, 0.2) is 66.8 Å². The first-order valence-electron chi connectivity index (χ1n) is 7.83. The molecule has 2 aliphatic rings. The molecule has 1 aliphatic carbocycles. The Kier molecular flexibility index (Phi) is 5.58. The van der Waals surface area contributed by atoms with Gasteiger partial charge in [0.15, 0.2) is 0 Å². The van der Waals surface area contributed by atoms with E-state index in [1.165, 1.54) is 31.5 Å². The topological polar surface area (TPSA) is 3.24 Å². The third-order valence-corrected chi connectivity index (χ3v) is 4.36. The van der Waals surface area contributed by atoms with Crippen LogP contribution in [0.3, 0.4) is 0 Å². The molecule has 0 saturated heterocycles. The lowest BCUT2D eigenvalue weighted by atomic mass is 9.85. The van der Waals surface area contributed by atoms with Gasteiger partial charge in [-0.15, -0.1) is 0 Å². The molecule has 1 heteroatoms. The summed E-state index contributed by atoms with van der Waals surface area (Å²) in [4.78, 5) is 2.48. The highest BCUT2D eigenvalue weighted by molar-refractivity contribution is 5.37. The molecule has 21 heavy (non-hydrogen) atoms. The van der Waals surface area contributed by atoms with Crippen LogP contribution in [0.5, 0.6) is 0 Å². The predicted molar refractivity (Wildman–Crippen MR) is 92.5 cm³/mol. The average Bonchev–Trinajstić information content (AvgIpc) is 2.87. The molecule has 0 saturated carbocycles. The molecule has 3 rings (SSSR count). The molecule has 1 aromatic carbocycles. The van der Waals surface area contributed by atoms with Crippen molar-refractivity contribution in [3.63, 3.8) is 0 Å². The number of allylic oxidation sites excluding steroid dienone is 2. The molecule has 0 aromatic heterocycles. The summed E-state index contributed by atoms with van der Waals surface area (Å²) < 4.78 is 0. The van der Waals surface area contributed by atoms with E-state index in [-0.39, 0.29) is 0 Å². The van der Waals surface area contributed by atoms with E-state index < -0.39 is 0 Å². The van der Waals surface area contributed by atoms with Crippen LogP contribution < -0.4 is 0 Å². The fourth-order valence-corrected chi connectivity index (χ4v) is 3.50. The number of hydrogen-bond donors (Lipinski definition) is 0. The molecule has 1 aliphatic heterocycles. The summed E-state index contributed by atoms with van der Waals surface area (Å²) in [6.07, 6.45) is 5.92. The van der Waals surface area contributed by atoms with E-state index in [4.69, 9.17) is 0 Å². The maximum absolute atomic E-state index is 3.36. The lowest BCUT2D eigenvalue weighted by Gasteiger charge is -2.32. The van der Waals surface area contributed by atoms with Gasteiger partial charge in [0.1, 0.15) is 0 Å². The molecule has 2 atom stereocenters. The van der Waals surface area contributed by atoms with Crippen molar-refractivity contribution in [1.82, 2.24) is 4.90 Å². The Balaban J connectivity index is 0.000000361. The number of nitrogens with zero attached hydrogens (tertiary/aromatic N) is 1. The molecular weight excluding hydrogens is 254 g/mol. The van der Waals surface area contributed by atoms with Crippen LogP contribution in [0.1, 0.15) is 31.2 Å². The Morgan fingerprint density at radius 1 is 1.10 bits per heavy atom. The van der Waals surface area contributed by atoms with Gasteiger partial charge in [-0.2, -0.15) is 0 Å². The molecule has 1 heterocycles. The van der Waals surface area contributed by atoms with E-state index in [0.29, 0.717) is 5.92 Å². The van der Waals surface area contributed by atoms with Crippen LogP contribution in [0.25, 0.3) is 0 Å². The van der Waals surface area contributed by atoms with E-state index in [1.807, 2.05) is 0 Å². The summed E-state index contributed by atoms with van der Waals surface area (Å²) in [5.74, 6) is 1.51. The van der Waals surface area contributed by atoms with E-state index in [1.54, 1.807) is 23.3 Å². The minimum Gasteiger partial charge on any atom is -0.302 e. The third-order valence-electron chi connectivity index (χ3n) is 4.36. The number of rotatable bonds is 2. The third kappa shape index (κ3) is 3.95. The first-order chi connectivity index (χ1) is 10.2. The molecule has 112 valence electrons. The van der Waals surface area contributed by atoms with Gasteiger partial charge in [0, 0.05) is 19.0 Å². The summed E-state index contributed by atoms with van der Waals surface area (Å²) in [6.45, 7) is 11.5. The first kappa shape index (κ1) is 15.8. The standard InChI is InChI=1S/C16H21N.C4H6/c1-12-8-14-10-17(2)11-16(15(14)9-12)13-6-4-3-5-7-13;1-3-4-2/h3-7,12,16H,8-11H2,1-2H3;3-4H,1-2H2. The van der Waals surface area contributed by atoms with Crippen LogP contribution in [0.2, 0.25) is 0 Å². The van der Waals surface area contributed by atoms with Gasteiger partial charge in [-0.25, -0.2) is 0 Å². The Labute approximate surface area is 129 Å². The lowest BCUT2D eigenvalue weighted by molar-refractivity contribution is 0.326. The summed E-state index contributed by atoms with van der Waals surface area (Å²) in [6, 6.07) is 11.0. The summed E-state index contributed by atoms with van der Waals surface area (Å²) in [5.41, 5.74) is 4.97. The molecule has 1 aromatic rings. The SMILES string of the molecule is C=CC=C.CC1CC2=C(C1)C(c1ccccc1)CN(C)C2. The van der Waals surface area contributed by atoms with Crippen LogP contribution >= 0.6 is 0 Å². The van der Waals surface area contributed by atoms with Crippen molar-refractivity contribution in [2.24, 2.45) is 5.92 Å². The van der Waals surface area contributed by atoms with Gasteiger partial charge in [-0.3, -0.25) is 0 Å². The number of likely N-dealkylation sites (N-methyl/N-ethyl adjacent to an activating group) is 1. The van der Waals surface area contributed by atoms with Gasteiger partial charge in [0.25, 0.3) is 0 Å². The number of hydrogen-bond acceptors (Lipinski definition) is 1. The Morgan fingerprint density at radius 3 is 2.38 bits per heavy atom. The fourth-order valence-electron chi connectivity index (χ4n) is 3.50. The van der Waals surface area contributed by atoms with Crippen molar-refractivity contribution in [2.75, 3.05) is 20.1 Å². The zero-order valence-corrected chi connectivity index (χ0v) is 13.4. The summed E-state index contributed by atoms with van der Waals surface area (Å²) in [5, 5.41) is 0. The van der Waals surface area contributed by atoms with E-state index in [2.05, 4.69) is 62.4 Å². The van der Waals surface area contributed by atoms with E-state index in [0.717, 1.165) is 5.92 Å². The van der Waals surface area contributed by atoms with Crippen LogP contribution in [-0.4, -0.2) is 25.0 Å². The van der Waals surface area contributed by atoms with E-state index >= 15 is 0 Å². The van der Waals surface area contributed by atoms with Crippen LogP contribution in [0, 0.1) is 5.92 Å². The highest BCUT2D eigenvalue weighted by atomic mass is 15.1. The molecular formula is C20H27N. The fraction of sp³-hybridized carbons (Fsp3) is 0.400. The molecule has 0 bridgehead atoms. The normalized spacial score (nSPS) is 24.9. The van der Waals surface area contributed by atoms with Gasteiger partial charge < -0.3 is 4.90 Å². The second-order valence-corrected chi connectivity index (χ2v) is 6.27. The maximum Gasteiger partial charge on any atom is 0.0193 e. The van der Waals surface area contributed by atoms with Crippen LogP contribution in [0.4, 0.5) is 0 Å². The van der Waals surface area contributed by atoms with Gasteiger partial charge in [-0.05, 0) is 31.4 Å². The molecule has 1 nitrogen and oxygen atoms in total. The van der Waals surface area contributed by atoms with Crippen molar-refractivity contribution in [3.8, 4) is 0 Å². The highest BCUT2D eigenvalue weighted by Crippen LogP contribution is 2.42. The second kappa shape index (κ2) is 7.42. The second-order valence-electron chi connectivity index (χ2n) is 6.27. The number of benzene rings is 1. The minimum absolute atomic E-state index is 0.648. The molecule has 0 amide bonds. The van der Waals surface area contributed by atoms with Crippen LogP contribution in [-0.2, 0) is 0 Å². The Morgan fingerprint density at radius 2 is 1.76 bits per heavy atom. The Hall–Kier alpha value is -1.60. The van der Waals surface area contributed by atoms with Gasteiger partial charge in [-0.1, -0.05) is 73.7 Å². The molecule has 0 fully saturated rings. The predicted octanol–water partition coefficient (Wildman–Crippen LogP) is 4.80. The summed E-state index contributed by atoms with van der Waals surface area (Å²) in [7, 11) is 2.25. The minimum atomic E-state index is 0.648. The van der Waals surface area contributed by atoms with E-state index in [9.17, 15) is 0 Å². The zero-order chi connectivity index (χ0) is 15.2. The molecule has 0 radical (unpaired) electrons. The average molecular weight is 281 g/mol. The summed E-state index contributed by atoms with van der Waals surface area (Å²) >= 11 is 0. The Bertz CT molecular complexity index is 506. The van der Waals surface area contributed by atoms with Crippen molar-refractivity contribution in [3.05, 3.63) is 72.4 Å². The maximum atomic E-state index is 3.36. The zero-order valence-electron chi connectivity index (χ0n) is 13.4. The smallest absolute Gasteiger partial charge is 0.0193 e. The lowest BCUT2D eigenvalue weighted by Crippen LogP contribution is -2.32. The largest absolute Gasteiger partial charge is 0.302 e. The van der Waals surface area contributed by atoms with Crippen molar-refractivity contribution in [1.29, 1.82) is 0 Å². The molecule has 0 N–H and O–H groups in total. The highest BCUT2D eigenvalue weighted by Gasteiger charge is 2.32. The van der Waals surface area contributed by atoms with Gasteiger partial charge >= 0.3 is 0 Å². The first-order valence-corrected chi connectivity index (χ1v) is 7.83.